The smallest absolute Gasteiger partial charge is 0.258 e. The molecule has 1 atom stereocenters. The van der Waals surface area contributed by atoms with Gasteiger partial charge in [-0.05, 0) is 67.4 Å². The molecule has 0 saturated carbocycles. The van der Waals surface area contributed by atoms with Crippen LogP contribution in [0.5, 0.6) is 5.75 Å². The molecule has 1 aromatic carbocycles. The number of aryl methyl sites for hydroxylation is 1. The van der Waals surface area contributed by atoms with Gasteiger partial charge in [0.05, 0.1) is 6.04 Å². The van der Waals surface area contributed by atoms with Gasteiger partial charge in [-0.3, -0.25) is 9.69 Å². The van der Waals surface area contributed by atoms with Gasteiger partial charge in [0.2, 0.25) is 0 Å². The van der Waals surface area contributed by atoms with Gasteiger partial charge in [-0.1, -0.05) is 32.0 Å². The molecule has 0 spiro atoms. The lowest BCUT2D eigenvalue weighted by Crippen LogP contribution is -2.38. The van der Waals surface area contributed by atoms with Crippen molar-refractivity contribution >= 4 is 17.2 Å². The SMILES string of the molecule is Cc1ccc(C(C)C)c(OCC(=O)NCC(c2cccs2)N2CCCC2)c1. The molecule has 1 aromatic heterocycles. The molecule has 27 heavy (non-hydrogen) atoms. The molecule has 2 heterocycles. The van der Waals surface area contributed by atoms with Crippen LogP contribution in [0.2, 0.25) is 0 Å². The molecule has 0 bridgehead atoms. The van der Waals surface area contributed by atoms with Crippen molar-refractivity contribution in [1.29, 1.82) is 0 Å². The summed E-state index contributed by atoms with van der Waals surface area (Å²) in [6, 6.07) is 10.7. The van der Waals surface area contributed by atoms with Gasteiger partial charge in [0.1, 0.15) is 5.75 Å². The number of benzene rings is 1. The van der Waals surface area contributed by atoms with Crippen LogP contribution >= 0.6 is 11.3 Å². The number of nitrogens with zero attached hydrogens (tertiary/aromatic N) is 1. The van der Waals surface area contributed by atoms with Crippen LogP contribution in [0.4, 0.5) is 0 Å². The fourth-order valence-electron chi connectivity index (χ4n) is 3.59. The molecule has 4 nitrogen and oxygen atoms in total. The molecule has 1 unspecified atom stereocenters. The summed E-state index contributed by atoms with van der Waals surface area (Å²) in [5.41, 5.74) is 2.28. The lowest BCUT2D eigenvalue weighted by atomic mass is 10.0. The topological polar surface area (TPSA) is 41.6 Å². The molecule has 3 rings (SSSR count). The Hall–Kier alpha value is -1.85. The average molecular weight is 387 g/mol. The van der Waals surface area contributed by atoms with Crippen LogP contribution in [-0.4, -0.2) is 37.0 Å². The van der Waals surface area contributed by atoms with Gasteiger partial charge >= 0.3 is 0 Å². The van der Waals surface area contributed by atoms with Crippen LogP contribution in [0.1, 0.15) is 54.7 Å². The molecule has 1 saturated heterocycles. The monoisotopic (exact) mass is 386 g/mol. The van der Waals surface area contributed by atoms with Crippen molar-refractivity contribution in [3.63, 3.8) is 0 Å². The molecule has 5 heteroatoms. The zero-order valence-electron chi connectivity index (χ0n) is 16.5. The van der Waals surface area contributed by atoms with E-state index in [4.69, 9.17) is 4.74 Å². The van der Waals surface area contributed by atoms with Gasteiger partial charge in [0.25, 0.3) is 5.91 Å². The summed E-state index contributed by atoms with van der Waals surface area (Å²) in [5, 5.41) is 5.19. The predicted molar refractivity (Wildman–Crippen MR) is 112 cm³/mol. The number of carbonyl (C=O) groups is 1. The molecule has 146 valence electrons. The Morgan fingerprint density at radius 2 is 2.04 bits per heavy atom. The number of thiophene rings is 1. The first-order valence-corrected chi connectivity index (χ1v) is 10.7. The summed E-state index contributed by atoms with van der Waals surface area (Å²) < 4.78 is 5.87. The number of hydrogen-bond donors (Lipinski definition) is 1. The van der Waals surface area contributed by atoms with E-state index in [2.05, 4.69) is 53.7 Å². The number of nitrogens with one attached hydrogen (secondary N) is 1. The predicted octanol–water partition coefficient (Wildman–Crippen LogP) is 4.51. The summed E-state index contributed by atoms with van der Waals surface area (Å²) in [6.45, 7) is 9.22. The van der Waals surface area contributed by atoms with Gasteiger partial charge in [0, 0.05) is 11.4 Å². The summed E-state index contributed by atoms with van der Waals surface area (Å²) >= 11 is 1.76. The maximum Gasteiger partial charge on any atom is 0.258 e. The fraction of sp³-hybridized carbons (Fsp3) is 0.500. The third kappa shape index (κ3) is 5.33. The van der Waals surface area contributed by atoms with E-state index in [1.54, 1.807) is 11.3 Å². The first-order chi connectivity index (χ1) is 13.0. The standard InChI is InChI=1S/C22H30N2O2S/c1-16(2)18-9-8-17(3)13-20(18)26-15-22(25)23-14-19(21-7-6-12-27-21)24-10-4-5-11-24/h6-9,12-13,16,19H,4-5,10-11,14-15H2,1-3H3,(H,23,25). The van der Waals surface area contributed by atoms with Crippen LogP contribution in [-0.2, 0) is 4.79 Å². The molecule has 1 fully saturated rings. The van der Waals surface area contributed by atoms with Crippen LogP contribution in [0.3, 0.4) is 0 Å². The average Bonchev–Trinajstić information content (AvgIpc) is 3.34. The van der Waals surface area contributed by atoms with Crippen LogP contribution in [0.15, 0.2) is 35.7 Å². The van der Waals surface area contributed by atoms with Gasteiger partial charge in [-0.15, -0.1) is 11.3 Å². The van der Waals surface area contributed by atoms with E-state index in [9.17, 15) is 4.79 Å². The van der Waals surface area contributed by atoms with Gasteiger partial charge in [-0.25, -0.2) is 0 Å². The largest absolute Gasteiger partial charge is 0.483 e. The second-order valence-corrected chi connectivity index (χ2v) is 8.54. The number of rotatable bonds is 8. The molecule has 1 aliphatic heterocycles. The van der Waals surface area contributed by atoms with Crippen molar-refractivity contribution in [2.75, 3.05) is 26.2 Å². The summed E-state index contributed by atoms with van der Waals surface area (Å²) in [7, 11) is 0. The Morgan fingerprint density at radius 3 is 2.70 bits per heavy atom. The Kier molecular flexibility index (Phi) is 6.91. The Balaban J connectivity index is 1.57. The van der Waals surface area contributed by atoms with E-state index >= 15 is 0 Å². The molecule has 0 aliphatic carbocycles. The van der Waals surface area contributed by atoms with Crippen LogP contribution < -0.4 is 10.1 Å². The highest BCUT2D eigenvalue weighted by Gasteiger charge is 2.24. The van der Waals surface area contributed by atoms with E-state index in [-0.39, 0.29) is 18.6 Å². The minimum absolute atomic E-state index is 0.0559. The van der Waals surface area contributed by atoms with E-state index in [0.29, 0.717) is 12.5 Å². The minimum atomic E-state index is -0.0630. The van der Waals surface area contributed by atoms with Crippen molar-refractivity contribution in [1.82, 2.24) is 10.2 Å². The fourth-order valence-corrected chi connectivity index (χ4v) is 4.45. The zero-order valence-corrected chi connectivity index (χ0v) is 17.3. The zero-order chi connectivity index (χ0) is 19.2. The number of carbonyl (C=O) groups excluding carboxylic acids is 1. The van der Waals surface area contributed by atoms with Crippen molar-refractivity contribution in [2.24, 2.45) is 0 Å². The second kappa shape index (κ2) is 9.38. The third-order valence-electron chi connectivity index (χ3n) is 5.10. The molecule has 0 radical (unpaired) electrons. The van der Waals surface area contributed by atoms with Crippen molar-refractivity contribution in [2.45, 2.75) is 45.6 Å². The molecule has 2 aromatic rings. The van der Waals surface area contributed by atoms with E-state index < -0.39 is 0 Å². The second-order valence-electron chi connectivity index (χ2n) is 7.56. The van der Waals surface area contributed by atoms with Crippen molar-refractivity contribution in [3.8, 4) is 5.75 Å². The highest BCUT2D eigenvalue weighted by atomic mass is 32.1. The van der Waals surface area contributed by atoms with Gasteiger partial charge in [-0.2, -0.15) is 0 Å². The number of hydrogen-bond acceptors (Lipinski definition) is 4. The highest BCUT2D eigenvalue weighted by molar-refractivity contribution is 7.10. The maximum absolute atomic E-state index is 12.4. The van der Waals surface area contributed by atoms with Crippen molar-refractivity contribution in [3.05, 3.63) is 51.7 Å². The Bertz CT molecular complexity index is 737. The lowest BCUT2D eigenvalue weighted by molar-refractivity contribution is -0.123. The first-order valence-electron chi connectivity index (χ1n) is 9.82. The van der Waals surface area contributed by atoms with Gasteiger partial charge < -0.3 is 10.1 Å². The quantitative estimate of drug-likeness (QED) is 0.726. The number of ether oxygens (including phenoxy) is 1. The molecular formula is C22H30N2O2S. The van der Waals surface area contributed by atoms with Crippen LogP contribution in [0.25, 0.3) is 0 Å². The van der Waals surface area contributed by atoms with Crippen molar-refractivity contribution < 1.29 is 9.53 Å². The molecular weight excluding hydrogens is 356 g/mol. The summed E-state index contributed by atoms with van der Waals surface area (Å²) in [4.78, 5) is 16.2. The van der Waals surface area contributed by atoms with E-state index in [0.717, 1.165) is 30.0 Å². The molecule has 1 amide bonds. The van der Waals surface area contributed by atoms with E-state index in [1.807, 2.05) is 13.0 Å². The summed E-state index contributed by atoms with van der Waals surface area (Å²) in [5.74, 6) is 1.11. The Labute approximate surface area is 166 Å². The summed E-state index contributed by atoms with van der Waals surface area (Å²) in [6.07, 6.45) is 2.48. The lowest BCUT2D eigenvalue weighted by Gasteiger charge is -2.27. The Morgan fingerprint density at radius 1 is 1.26 bits per heavy atom. The third-order valence-corrected chi connectivity index (χ3v) is 6.07. The first kappa shape index (κ1) is 19.9. The van der Waals surface area contributed by atoms with Crippen LogP contribution in [0, 0.1) is 6.92 Å². The maximum atomic E-state index is 12.4. The number of likely N-dealkylation sites (tertiary alicyclic amines) is 1. The normalized spacial score (nSPS) is 15.9. The molecule has 1 N–H and O–H groups in total. The number of amides is 1. The highest BCUT2D eigenvalue weighted by Crippen LogP contribution is 2.29. The van der Waals surface area contributed by atoms with Gasteiger partial charge in [0.15, 0.2) is 6.61 Å². The molecule has 1 aliphatic rings. The minimum Gasteiger partial charge on any atom is -0.483 e. The van der Waals surface area contributed by atoms with E-state index in [1.165, 1.54) is 17.7 Å².